The molecule has 2 aliphatic carbocycles. The number of rotatable bonds is 9. The van der Waals surface area contributed by atoms with E-state index in [9.17, 15) is 9.18 Å². The Morgan fingerprint density at radius 2 is 1.86 bits per heavy atom. The van der Waals surface area contributed by atoms with Gasteiger partial charge in [-0.05, 0) is 80.2 Å². The summed E-state index contributed by atoms with van der Waals surface area (Å²) in [5.74, 6) is -0.293. The number of carboxylic acids is 1. The largest absolute Gasteiger partial charge is 0.481 e. The molecule has 5 heteroatoms. The molecule has 0 saturated heterocycles. The van der Waals surface area contributed by atoms with Gasteiger partial charge >= 0.3 is 5.97 Å². The van der Waals surface area contributed by atoms with E-state index in [4.69, 9.17) is 14.6 Å². The first-order valence-corrected chi connectivity index (χ1v) is 10.3. The van der Waals surface area contributed by atoms with Crippen LogP contribution < -0.4 is 4.74 Å². The highest BCUT2D eigenvalue weighted by Gasteiger charge is 2.54. The normalized spacial score (nSPS) is 25.3. The van der Waals surface area contributed by atoms with Crippen LogP contribution in [0.15, 0.2) is 48.5 Å². The number of para-hydroxylation sites is 1. The van der Waals surface area contributed by atoms with Crippen LogP contribution in [0.1, 0.15) is 56.9 Å². The average Bonchev–Trinajstić information content (AvgIpc) is 3.25. The number of aliphatic carboxylic acids is 1. The molecular formula is C24H27FO4. The summed E-state index contributed by atoms with van der Waals surface area (Å²) < 4.78 is 25.9. The Balaban J connectivity index is 1.34. The Kier molecular flexibility index (Phi) is 5.59. The number of fused-ring (bicyclic) bond motifs is 2. The van der Waals surface area contributed by atoms with Crippen molar-refractivity contribution >= 4 is 5.97 Å². The minimum Gasteiger partial charge on any atom is -0.481 e. The van der Waals surface area contributed by atoms with E-state index in [0.29, 0.717) is 12.4 Å². The van der Waals surface area contributed by atoms with Crippen molar-refractivity contribution in [3.8, 4) is 11.5 Å². The van der Waals surface area contributed by atoms with Crippen LogP contribution in [0.4, 0.5) is 4.39 Å². The molecule has 0 radical (unpaired) electrons. The van der Waals surface area contributed by atoms with Gasteiger partial charge in [-0.3, -0.25) is 4.79 Å². The number of ether oxygens (including phenoxy) is 2. The quantitative estimate of drug-likeness (QED) is 0.555. The minimum atomic E-state index is -0.711. The van der Waals surface area contributed by atoms with Crippen molar-refractivity contribution in [2.75, 3.05) is 0 Å². The molecule has 2 fully saturated rings. The maximum absolute atomic E-state index is 13.8. The summed E-state index contributed by atoms with van der Waals surface area (Å²) in [6.07, 6.45) is 7.37. The topological polar surface area (TPSA) is 55.8 Å². The molecule has 1 N–H and O–H groups in total. The average molecular weight is 398 g/mol. The molecule has 0 unspecified atom stereocenters. The van der Waals surface area contributed by atoms with Crippen LogP contribution in [-0.4, -0.2) is 16.7 Å². The van der Waals surface area contributed by atoms with Crippen molar-refractivity contribution in [3.05, 3.63) is 59.9 Å². The van der Waals surface area contributed by atoms with Crippen molar-refractivity contribution in [2.45, 2.75) is 63.6 Å². The predicted octanol–water partition coefficient (Wildman–Crippen LogP) is 6.09. The Hall–Kier alpha value is -2.40. The summed E-state index contributed by atoms with van der Waals surface area (Å²) in [7, 11) is 0. The van der Waals surface area contributed by atoms with Gasteiger partial charge in [0.2, 0.25) is 0 Å². The van der Waals surface area contributed by atoms with E-state index in [1.54, 1.807) is 18.2 Å². The number of carbonyl (C=O) groups is 1. The van der Waals surface area contributed by atoms with E-state index in [2.05, 4.69) is 0 Å². The SMILES string of the molecule is O=C(O)CCCC12CCC(OCc3cccc(Oc4ccccc4F)c3)(CC1)C2. The molecule has 0 heterocycles. The summed E-state index contributed by atoms with van der Waals surface area (Å²) in [4.78, 5) is 10.8. The number of hydrogen-bond donors (Lipinski definition) is 1. The molecule has 2 aromatic rings. The van der Waals surface area contributed by atoms with Crippen LogP contribution in [0.25, 0.3) is 0 Å². The summed E-state index contributed by atoms with van der Waals surface area (Å²) in [5, 5.41) is 8.89. The van der Waals surface area contributed by atoms with Crippen LogP contribution in [0.3, 0.4) is 0 Å². The van der Waals surface area contributed by atoms with E-state index in [-0.39, 0.29) is 29.0 Å². The number of halogens is 1. The highest BCUT2D eigenvalue weighted by molar-refractivity contribution is 5.66. The van der Waals surface area contributed by atoms with E-state index >= 15 is 0 Å². The van der Waals surface area contributed by atoms with E-state index < -0.39 is 5.97 Å². The Labute approximate surface area is 170 Å². The van der Waals surface area contributed by atoms with Crippen LogP contribution in [-0.2, 0) is 16.1 Å². The van der Waals surface area contributed by atoms with Gasteiger partial charge in [0, 0.05) is 6.42 Å². The van der Waals surface area contributed by atoms with Gasteiger partial charge in [0.1, 0.15) is 5.75 Å². The highest BCUT2D eigenvalue weighted by Crippen LogP contribution is 2.60. The first-order chi connectivity index (χ1) is 14.0. The Morgan fingerprint density at radius 3 is 2.62 bits per heavy atom. The third-order valence-electron chi connectivity index (χ3n) is 6.52. The van der Waals surface area contributed by atoms with Gasteiger partial charge in [-0.25, -0.2) is 4.39 Å². The van der Waals surface area contributed by atoms with Gasteiger partial charge in [-0.15, -0.1) is 0 Å². The summed E-state index contributed by atoms with van der Waals surface area (Å²) in [6.45, 7) is 0.500. The van der Waals surface area contributed by atoms with Crippen molar-refractivity contribution in [3.63, 3.8) is 0 Å². The van der Waals surface area contributed by atoms with Crippen LogP contribution in [0.5, 0.6) is 11.5 Å². The van der Waals surface area contributed by atoms with Crippen LogP contribution in [0.2, 0.25) is 0 Å². The molecule has 0 spiro atoms. The predicted molar refractivity (Wildman–Crippen MR) is 107 cm³/mol. The maximum atomic E-state index is 13.8. The number of hydrogen-bond acceptors (Lipinski definition) is 3. The van der Waals surface area contributed by atoms with E-state index in [1.165, 1.54) is 6.07 Å². The molecule has 0 aromatic heterocycles. The van der Waals surface area contributed by atoms with Crippen LogP contribution >= 0.6 is 0 Å². The standard InChI is InChI=1S/C24H27FO4/c25-20-7-1-2-8-21(20)29-19-6-3-5-18(15-19)16-28-24-13-11-23(17-24,12-14-24)10-4-9-22(26)27/h1-3,5-8,15H,4,9-14,16-17H2,(H,26,27). The third-order valence-corrected chi connectivity index (χ3v) is 6.52. The molecular weight excluding hydrogens is 371 g/mol. The molecule has 0 atom stereocenters. The molecule has 29 heavy (non-hydrogen) atoms. The van der Waals surface area contributed by atoms with Crippen molar-refractivity contribution in [1.29, 1.82) is 0 Å². The summed E-state index contributed by atoms with van der Waals surface area (Å²) in [5.41, 5.74) is 1.19. The van der Waals surface area contributed by atoms with Crippen molar-refractivity contribution < 1.29 is 23.8 Å². The fourth-order valence-corrected chi connectivity index (χ4v) is 5.01. The van der Waals surface area contributed by atoms with Crippen molar-refractivity contribution in [1.82, 2.24) is 0 Å². The van der Waals surface area contributed by atoms with Gasteiger partial charge in [-0.1, -0.05) is 24.3 Å². The molecule has 2 bridgehead atoms. The Bertz CT molecular complexity index is 871. The molecule has 154 valence electrons. The van der Waals surface area contributed by atoms with E-state index in [0.717, 1.165) is 50.5 Å². The lowest BCUT2D eigenvalue weighted by Crippen LogP contribution is -2.26. The lowest BCUT2D eigenvalue weighted by molar-refractivity contribution is -0.137. The molecule has 0 aliphatic heterocycles. The molecule has 0 amide bonds. The number of benzene rings is 2. The zero-order valence-electron chi connectivity index (χ0n) is 16.5. The van der Waals surface area contributed by atoms with Gasteiger partial charge in [-0.2, -0.15) is 0 Å². The van der Waals surface area contributed by atoms with Crippen LogP contribution in [0, 0.1) is 11.2 Å². The first-order valence-electron chi connectivity index (χ1n) is 10.3. The van der Waals surface area contributed by atoms with E-state index in [1.807, 2.05) is 24.3 Å². The number of carboxylic acid groups (broad SMARTS) is 1. The first kappa shape index (κ1) is 19.9. The third kappa shape index (κ3) is 4.61. The lowest BCUT2D eigenvalue weighted by atomic mass is 9.80. The summed E-state index contributed by atoms with van der Waals surface area (Å²) >= 11 is 0. The second-order valence-electron chi connectivity index (χ2n) is 8.58. The van der Waals surface area contributed by atoms with Gasteiger partial charge < -0.3 is 14.6 Å². The lowest BCUT2D eigenvalue weighted by Gasteiger charge is -2.28. The maximum Gasteiger partial charge on any atom is 0.303 e. The fraction of sp³-hybridized carbons (Fsp3) is 0.458. The zero-order chi connectivity index (χ0) is 20.3. The summed E-state index contributed by atoms with van der Waals surface area (Å²) in [6, 6.07) is 14.0. The monoisotopic (exact) mass is 398 g/mol. The molecule has 4 nitrogen and oxygen atoms in total. The molecule has 2 aromatic carbocycles. The van der Waals surface area contributed by atoms with Crippen molar-refractivity contribution in [2.24, 2.45) is 5.41 Å². The Morgan fingerprint density at radius 1 is 1.07 bits per heavy atom. The second kappa shape index (κ2) is 8.15. The van der Waals surface area contributed by atoms with Gasteiger partial charge in [0.25, 0.3) is 0 Å². The highest BCUT2D eigenvalue weighted by atomic mass is 19.1. The molecule has 4 rings (SSSR count). The fourth-order valence-electron chi connectivity index (χ4n) is 5.01. The smallest absolute Gasteiger partial charge is 0.303 e. The van der Waals surface area contributed by atoms with Gasteiger partial charge in [0.05, 0.1) is 12.2 Å². The second-order valence-corrected chi connectivity index (χ2v) is 8.58. The molecule has 2 saturated carbocycles. The minimum absolute atomic E-state index is 0.0778. The molecule has 2 aliphatic rings. The zero-order valence-corrected chi connectivity index (χ0v) is 16.5. The van der Waals surface area contributed by atoms with Gasteiger partial charge in [0.15, 0.2) is 11.6 Å².